The number of hydrogen-bond donors (Lipinski definition) is 0. The molecule has 0 N–H and O–H groups in total. The third-order valence-electron chi connectivity index (χ3n) is 1.38. The highest BCUT2D eigenvalue weighted by atomic mass is 32.1. The molecule has 0 saturated heterocycles. The molecule has 0 unspecified atom stereocenters. The van der Waals surface area contributed by atoms with Crippen molar-refractivity contribution in [3.8, 4) is 0 Å². The summed E-state index contributed by atoms with van der Waals surface area (Å²) >= 11 is 1.40. The molecule has 0 atom stereocenters. The van der Waals surface area contributed by atoms with Gasteiger partial charge in [0, 0.05) is 0 Å². The van der Waals surface area contributed by atoms with Crippen LogP contribution >= 0.6 is 11.5 Å². The minimum atomic E-state index is 0.561. The molecule has 3 nitrogen and oxygen atoms in total. The first-order chi connectivity index (χ1) is 5.74. The molecule has 0 radical (unpaired) electrons. The van der Waals surface area contributed by atoms with Gasteiger partial charge >= 0.3 is 0 Å². The Kier molecular flexibility index (Phi) is 3.14. The van der Waals surface area contributed by atoms with Gasteiger partial charge in [0.15, 0.2) is 0 Å². The number of aliphatic imine (C=N–C) groups is 1. The average Bonchev–Trinajstić information content (AvgIpc) is 2.37. The van der Waals surface area contributed by atoms with Crippen LogP contribution in [0.3, 0.4) is 0 Å². The van der Waals surface area contributed by atoms with Crippen molar-refractivity contribution in [1.29, 1.82) is 0 Å². The first-order valence-corrected chi connectivity index (χ1v) is 4.52. The van der Waals surface area contributed by atoms with Crippen molar-refractivity contribution in [1.82, 2.24) is 4.37 Å². The van der Waals surface area contributed by atoms with Gasteiger partial charge in [0.05, 0.1) is 11.1 Å². The van der Waals surface area contributed by atoms with E-state index in [1.54, 1.807) is 6.20 Å². The van der Waals surface area contributed by atoms with Gasteiger partial charge in [0.1, 0.15) is 5.69 Å². The smallest absolute Gasteiger partial charge is 0.211 e. The molecule has 64 valence electrons. The van der Waals surface area contributed by atoms with Crippen molar-refractivity contribution in [2.45, 2.75) is 20.3 Å². The van der Waals surface area contributed by atoms with E-state index in [9.17, 15) is 4.79 Å². The van der Waals surface area contributed by atoms with Gasteiger partial charge in [-0.2, -0.15) is 9.37 Å². The van der Waals surface area contributed by atoms with Crippen LogP contribution in [0.15, 0.2) is 11.2 Å². The number of aromatic nitrogens is 1. The average molecular weight is 182 g/mol. The summed E-state index contributed by atoms with van der Waals surface area (Å²) in [6, 6.07) is 0. The van der Waals surface area contributed by atoms with Gasteiger partial charge in [-0.05, 0) is 23.9 Å². The van der Waals surface area contributed by atoms with Crippen molar-refractivity contribution in [2.75, 3.05) is 0 Å². The molecular formula is C8H10N2OS. The fourth-order valence-electron chi connectivity index (χ4n) is 0.912. The Balaban J connectivity index is 2.83. The number of hydrogen-bond acceptors (Lipinski definition) is 4. The van der Waals surface area contributed by atoms with Gasteiger partial charge in [-0.15, -0.1) is 0 Å². The zero-order chi connectivity index (χ0) is 8.97. The van der Waals surface area contributed by atoms with E-state index < -0.39 is 0 Å². The highest BCUT2D eigenvalue weighted by Crippen LogP contribution is 2.24. The van der Waals surface area contributed by atoms with Crippen LogP contribution in [0.2, 0.25) is 0 Å². The van der Waals surface area contributed by atoms with Gasteiger partial charge in [0.2, 0.25) is 6.08 Å². The summed E-state index contributed by atoms with van der Waals surface area (Å²) < 4.78 is 3.96. The topological polar surface area (TPSA) is 42.3 Å². The quantitative estimate of drug-likeness (QED) is 0.531. The van der Waals surface area contributed by atoms with Crippen molar-refractivity contribution in [3.63, 3.8) is 0 Å². The van der Waals surface area contributed by atoms with Gasteiger partial charge in [-0.1, -0.05) is 13.8 Å². The van der Waals surface area contributed by atoms with Crippen LogP contribution in [0.25, 0.3) is 0 Å². The molecule has 0 saturated carbocycles. The van der Waals surface area contributed by atoms with Crippen molar-refractivity contribution < 1.29 is 4.79 Å². The Labute approximate surface area is 75.3 Å². The van der Waals surface area contributed by atoms with Crippen LogP contribution in [0.4, 0.5) is 5.69 Å². The molecule has 0 aliphatic rings. The third-order valence-corrected chi connectivity index (χ3v) is 2.19. The Morgan fingerprint density at radius 3 is 3.08 bits per heavy atom. The molecular weight excluding hydrogens is 172 g/mol. The molecule has 1 aromatic heterocycles. The van der Waals surface area contributed by atoms with Crippen molar-refractivity contribution in [3.05, 3.63) is 11.1 Å². The van der Waals surface area contributed by atoms with E-state index in [1.165, 1.54) is 17.6 Å². The lowest BCUT2D eigenvalue weighted by atomic mass is 10.1. The maximum Gasteiger partial charge on any atom is 0.240 e. The molecule has 1 aromatic rings. The Hall–Kier alpha value is -0.990. The molecule has 4 heteroatoms. The molecule has 0 aromatic carbocycles. The Morgan fingerprint density at radius 2 is 2.50 bits per heavy atom. The Bertz CT molecular complexity index is 300. The maximum absolute atomic E-state index is 10.00. The summed E-state index contributed by atoms with van der Waals surface area (Å²) in [5.74, 6) is 0.561. The predicted octanol–water partition coefficient (Wildman–Crippen LogP) is 2.31. The number of rotatable bonds is 3. The molecule has 0 spiro atoms. The molecule has 0 amide bonds. The lowest BCUT2D eigenvalue weighted by Gasteiger charge is -2.00. The first kappa shape index (κ1) is 9.10. The zero-order valence-corrected chi connectivity index (χ0v) is 7.89. The van der Waals surface area contributed by atoms with Crippen LogP contribution < -0.4 is 0 Å². The number of isocyanates is 1. The van der Waals surface area contributed by atoms with E-state index >= 15 is 0 Å². The van der Waals surface area contributed by atoms with E-state index in [0.29, 0.717) is 11.6 Å². The van der Waals surface area contributed by atoms with Gasteiger partial charge in [0.25, 0.3) is 0 Å². The summed E-state index contributed by atoms with van der Waals surface area (Å²) in [5, 5.41) is 0. The second kappa shape index (κ2) is 4.14. The molecule has 0 bridgehead atoms. The zero-order valence-electron chi connectivity index (χ0n) is 7.07. The van der Waals surface area contributed by atoms with Crippen LogP contribution in [0.5, 0.6) is 0 Å². The fraction of sp³-hybridized carbons (Fsp3) is 0.500. The maximum atomic E-state index is 10.00. The lowest BCUT2D eigenvalue weighted by molar-refractivity contribution is 0.565. The summed E-state index contributed by atoms with van der Waals surface area (Å²) in [4.78, 5) is 14.6. The molecule has 12 heavy (non-hydrogen) atoms. The monoisotopic (exact) mass is 182 g/mol. The van der Waals surface area contributed by atoms with E-state index in [4.69, 9.17) is 0 Å². The van der Waals surface area contributed by atoms with Gasteiger partial charge in [-0.25, -0.2) is 4.79 Å². The molecule has 0 fully saturated rings. The van der Waals surface area contributed by atoms with E-state index in [-0.39, 0.29) is 0 Å². The third kappa shape index (κ3) is 2.26. The minimum absolute atomic E-state index is 0.561. The van der Waals surface area contributed by atoms with Crippen LogP contribution in [-0.2, 0) is 11.2 Å². The van der Waals surface area contributed by atoms with Crippen LogP contribution in [0.1, 0.15) is 18.7 Å². The van der Waals surface area contributed by atoms with Crippen molar-refractivity contribution >= 4 is 23.3 Å². The van der Waals surface area contributed by atoms with Crippen LogP contribution in [0, 0.1) is 5.92 Å². The largest absolute Gasteiger partial charge is 0.240 e. The predicted molar refractivity (Wildman–Crippen MR) is 48.4 cm³/mol. The highest BCUT2D eigenvalue weighted by Gasteiger charge is 2.06. The normalized spacial score (nSPS) is 9.92. The molecule has 0 aliphatic carbocycles. The second-order valence-corrected chi connectivity index (χ2v) is 3.82. The standard InChI is InChI=1S/C8H10N2OS/c1-6(2)3-8-7(9-5-11)4-10-12-8/h4,6H,3H2,1-2H3. The molecule has 1 heterocycles. The van der Waals surface area contributed by atoms with E-state index in [1.807, 2.05) is 0 Å². The Morgan fingerprint density at radius 1 is 1.75 bits per heavy atom. The lowest BCUT2D eigenvalue weighted by Crippen LogP contribution is -1.90. The van der Waals surface area contributed by atoms with Gasteiger partial charge in [-0.3, -0.25) is 0 Å². The molecule has 1 rings (SSSR count). The minimum Gasteiger partial charge on any atom is -0.211 e. The first-order valence-electron chi connectivity index (χ1n) is 3.75. The number of carbonyl (C=O) groups excluding carboxylic acids is 1. The number of nitrogens with zero attached hydrogens (tertiary/aromatic N) is 2. The summed E-state index contributed by atoms with van der Waals surface area (Å²) in [5.41, 5.74) is 0.670. The SMILES string of the molecule is CC(C)Cc1sncc1N=C=O. The second-order valence-electron chi connectivity index (χ2n) is 2.94. The summed E-state index contributed by atoms with van der Waals surface area (Å²) in [6.45, 7) is 4.24. The highest BCUT2D eigenvalue weighted by molar-refractivity contribution is 7.06. The van der Waals surface area contributed by atoms with E-state index in [2.05, 4.69) is 23.2 Å². The molecule has 0 aliphatic heterocycles. The van der Waals surface area contributed by atoms with Crippen LogP contribution in [-0.4, -0.2) is 10.5 Å². The van der Waals surface area contributed by atoms with E-state index in [0.717, 1.165) is 11.3 Å². The summed E-state index contributed by atoms with van der Waals surface area (Å²) in [6.07, 6.45) is 4.05. The fourth-order valence-corrected chi connectivity index (χ4v) is 1.79. The van der Waals surface area contributed by atoms with Crippen molar-refractivity contribution in [2.24, 2.45) is 10.9 Å². The summed E-state index contributed by atoms with van der Waals surface area (Å²) in [7, 11) is 0. The van der Waals surface area contributed by atoms with Gasteiger partial charge < -0.3 is 0 Å².